The Balaban J connectivity index is 1.96. The quantitative estimate of drug-likeness (QED) is 0.694. The minimum absolute atomic E-state index is 0.0903. The van der Waals surface area contributed by atoms with Crippen LogP contribution in [0, 0.1) is 5.92 Å². The zero-order valence-electron chi connectivity index (χ0n) is 15.6. The molecule has 0 bridgehead atoms. The van der Waals surface area contributed by atoms with Crippen LogP contribution < -0.4 is 5.32 Å². The molecule has 0 radical (unpaired) electrons. The Morgan fingerprint density at radius 1 is 1.38 bits per heavy atom. The number of amides is 1. The highest BCUT2D eigenvalue weighted by atomic mass is 16.5. The summed E-state index contributed by atoms with van der Waals surface area (Å²) in [5.41, 5.74) is 1.06. The summed E-state index contributed by atoms with van der Waals surface area (Å²) < 4.78 is 5.15. The van der Waals surface area contributed by atoms with E-state index in [2.05, 4.69) is 10.2 Å². The molecule has 1 aromatic carbocycles. The van der Waals surface area contributed by atoms with E-state index in [-0.39, 0.29) is 12.5 Å². The molecule has 0 aliphatic carbocycles. The Morgan fingerprint density at radius 2 is 2.15 bits per heavy atom. The van der Waals surface area contributed by atoms with Crippen molar-refractivity contribution in [1.29, 1.82) is 0 Å². The Kier molecular flexibility index (Phi) is 7.87. The van der Waals surface area contributed by atoms with Gasteiger partial charge in [0.05, 0.1) is 12.2 Å². The van der Waals surface area contributed by atoms with Gasteiger partial charge in [0.15, 0.2) is 0 Å². The Morgan fingerprint density at radius 3 is 2.88 bits per heavy atom. The third kappa shape index (κ3) is 6.00. The molecule has 0 unspecified atom stereocenters. The average molecular weight is 363 g/mol. The Hall–Kier alpha value is -2.12. The number of carboxylic acids is 1. The van der Waals surface area contributed by atoms with Crippen LogP contribution in [0.15, 0.2) is 24.3 Å². The first-order valence-corrected chi connectivity index (χ1v) is 9.02. The second-order valence-electron chi connectivity index (χ2n) is 6.78. The van der Waals surface area contributed by atoms with Crippen molar-refractivity contribution < 1.29 is 19.4 Å². The Bertz CT molecular complexity index is 608. The fourth-order valence-corrected chi connectivity index (χ4v) is 3.39. The number of nitrogens with one attached hydrogen (secondary N) is 1. The predicted molar refractivity (Wildman–Crippen MR) is 101 cm³/mol. The maximum Gasteiger partial charge on any atom is 0.322 e. The van der Waals surface area contributed by atoms with E-state index in [1.807, 2.05) is 7.05 Å². The lowest BCUT2D eigenvalue weighted by atomic mass is 9.97. The van der Waals surface area contributed by atoms with Gasteiger partial charge >= 0.3 is 5.97 Å². The van der Waals surface area contributed by atoms with E-state index in [9.17, 15) is 9.59 Å². The van der Waals surface area contributed by atoms with Crippen LogP contribution in [0.5, 0.6) is 0 Å². The third-order valence-electron chi connectivity index (χ3n) is 4.68. The van der Waals surface area contributed by atoms with E-state index in [1.165, 1.54) is 0 Å². The first kappa shape index (κ1) is 20.2. The number of hydrogen-bond acceptors (Lipinski definition) is 5. The lowest BCUT2D eigenvalue weighted by molar-refractivity contribution is -0.134. The molecule has 2 rings (SSSR count). The van der Waals surface area contributed by atoms with E-state index in [4.69, 9.17) is 9.84 Å². The van der Waals surface area contributed by atoms with Gasteiger partial charge in [-0.1, -0.05) is 12.1 Å². The molecule has 1 amide bonds. The summed E-state index contributed by atoms with van der Waals surface area (Å²) >= 11 is 0. The number of para-hydroxylation sites is 1. The zero-order chi connectivity index (χ0) is 18.9. The summed E-state index contributed by atoms with van der Waals surface area (Å²) in [7, 11) is 3.52. The van der Waals surface area contributed by atoms with Gasteiger partial charge in [0.1, 0.15) is 6.54 Å². The average Bonchev–Trinajstić information content (AvgIpc) is 2.64. The third-order valence-corrected chi connectivity index (χ3v) is 4.68. The van der Waals surface area contributed by atoms with Crippen LogP contribution in [0.1, 0.15) is 23.2 Å². The van der Waals surface area contributed by atoms with Gasteiger partial charge in [0.25, 0.3) is 5.91 Å². The number of anilines is 1. The summed E-state index contributed by atoms with van der Waals surface area (Å²) in [4.78, 5) is 27.8. The topological polar surface area (TPSA) is 82.1 Å². The van der Waals surface area contributed by atoms with Crippen LogP contribution >= 0.6 is 0 Å². The van der Waals surface area contributed by atoms with Gasteiger partial charge in [0.2, 0.25) is 0 Å². The highest BCUT2D eigenvalue weighted by Crippen LogP contribution is 2.20. The lowest BCUT2D eigenvalue weighted by Crippen LogP contribution is -2.42. The molecule has 7 nitrogen and oxygen atoms in total. The van der Waals surface area contributed by atoms with Crippen molar-refractivity contribution in [2.75, 3.05) is 58.8 Å². The number of carbonyl (C=O) groups is 2. The monoisotopic (exact) mass is 363 g/mol. The first-order chi connectivity index (χ1) is 12.5. The van der Waals surface area contributed by atoms with Crippen LogP contribution in [0.4, 0.5) is 5.69 Å². The standard InChI is InChI=1S/C19H29N3O4/c1-21(13-15-6-5-9-22(14-15)10-11-26-2)19(25)16-7-3-4-8-17(16)20-12-18(23)24/h3-4,7-8,15,20H,5-6,9-14H2,1-2H3,(H,23,24)/t15-/m1/s1. The molecule has 2 N–H and O–H groups in total. The van der Waals surface area contributed by atoms with Gasteiger partial charge in [0, 0.05) is 39.5 Å². The molecule has 1 heterocycles. The normalized spacial score (nSPS) is 17.7. The molecule has 0 spiro atoms. The molecule has 144 valence electrons. The molecule has 1 saturated heterocycles. The van der Waals surface area contributed by atoms with E-state index in [0.717, 1.165) is 39.1 Å². The fraction of sp³-hybridized carbons (Fsp3) is 0.579. The molecular formula is C19H29N3O4. The van der Waals surface area contributed by atoms with Crippen LogP contribution in [0.3, 0.4) is 0 Å². The van der Waals surface area contributed by atoms with Gasteiger partial charge in [-0.3, -0.25) is 9.59 Å². The minimum atomic E-state index is -0.959. The van der Waals surface area contributed by atoms with Gasteiger partial charge in [-0.15, -0.1) is 0 Å². The SMILES string of the molecule is COCCN1CCC[C@H](CN(C)C(=O)c2ccccc2NCC(=O)O)C1. The summed E-state index contributed by atoms with van der Waals surface area (Å²) in [6.45, 7) is 4.18. The van der Waals surface area contributed by atoms with E-state index in [0.29, 0.717) is 23.7 Å². The number of ether oxygens (including phenoxy) is 1. The van der Waals surface area contributed by atoms with Gasteiger partial charge in [-0.2, -0.15) is 0 Å². The summed E-state index contributed by atoms with van der Waals surface area (Å²) in [5, 5.41) is 11.7. The van der Waals surface area contributed by atoms with Crippen molar-refractivity contribution in [3.05, 3.63) is 29.8 Å². The molecular weight excluding hydrogens is 334 g/mol. The number of benzene rings is 1. The van der Waals surface area contributed by atoms with Crippen LogP contribution in [-0.2, 0) is 9.53 Å². The number of piperidine rings is 1. The molecule has 0 aromatic heterocycles. The van der Waals surface area contributed by atoms with Crippen molar-refractivity contribution in [3.63, 3.8) is 0 Å². The molecule has 0 saturated carbocycles. The first-order valence-electron chi connectivity index (χ1n) is 9.02. The van der Waals surface area contributed by atoms with Crippen molar-refractivity contribution in [2.24, 2.45) is 5.92 Å². The second kappa shape index (κ2) is 10.1. The van der Waals surface area contributed by atoms with Crippen LogP contribution in [-0.4, -0.2) is 80.3 Å². The van der Waals surface area contributed by atoms with Gasteiger partial charge in [-0.25, -0.2) is 0 Å². The number of nitrogens with zero attached hydrogens (tertiary/aromatic N) is 2. The number of methoxy groups -OCH3 is 1. The highest BCUT2D eigenvalue weighted by Gasteiger charge is 2.24. The van der Waals surface area contributed by atoms with Gasteiger partial charge < -0.3 is 25.0 Å². The maximum absolute atomic E-state index is 12.8. The van der Waals surface area contributed by atoms with Crippen LogP contribution in [0.2, 0.25) is 0 Å². The van der Waals surface area contributed by atoms with E-state index >= 15 is 0 Å². The smallest absolute Gasteiger partial charge is 0.322 e. The zero-order valence-corrected chi connectivity index (χ0v) is 15.6. The van der Waals surface area contributed by atoms with E-state index in [1.54, 1.807) is 36.3 Å². The van der Waals surface area contributed by atoms with Crippen molar-refractivity contribution >= 4 is 17.6 Å². The van der Waals surface area contributed by atoms with E-state index < -0.39 is 5.97 Å². The van der Waals surface area contributed by atoms with Crippen molar-refractivity contribution in [3.8, 4) is 0 Å². The number of hydrogen-bond donors (Lipinski definition) is 2. The number of aliphatic carboxylic acids is 1. The molecule has 7 heteroatoms. The maximum atomic E-state index is 12.8. The second-order valence-corrected chi connectivity index (χ2v) is 6.78. The summed E-state index contributed by atoms with van der Waals surface area (Å²) in [6, 6.07) is 7.04. The molecule has 26 heavy (non-hydrogen) atoms. The number of likely N-dealkylation sites (tertiary alicyclic amines) is 1. The van der Waals surface area contributed by atoms with Crippen molar-refractivity contribution in [2.45, 2.75) is 12.8 Å². The van der Waals surface area contributed by atoms with Crippen LogP contribution in [0.25, 0.3) is 0 Å². The van der Waals surface area contributed by atoms with Gasteiger partial charge in [-0.05, 0) is 37.4 Å². The number of rotatable bonds is 9. The predicted octanol–water partition coefficient (Wildman–Crippen LogP) is 1.61. The largest absolute Gasteiger partial charge is 0.480 e. The summed E-state index contributed by atoms with van der Waals surface area (Å²) in [5.74, 6) is -0.611. The fourth-order valence-electron chi connectivity index (χ4n) is 3.39. The molecule has 1 fully saturated rings. The lowest BCUT2D eigenvalue weighted by Gasteiger charge is -2.34. The molecule has 1 aromatic rings. The minimum Gasteiger partial charge on any atom is -0.480 e. The number of carboxylic acid groups (broad SMARTS) is 1. The Labute approximate surface area is 154 Å². The highest BCUT2D eigenvalue weighted by molar-refractivity contribution is 5.99. The van der Waals surface area contributed by atoms with Crippen molar-refractivity contribution in [1.82, 2.24) is 9.80 Å². The molecule has 1 atom stereocenters. The molecule has 1 aliphatic rings. The summed E-state index contributed by atoms with van der Waals surface area (Å²) in [6.07, 6.45) is 2.24. The molecule has 1 aliphatic heterocycles. The number of carbonyl (C=O) groups excluding carboxylic acids is 1.